The first-order chi connectivity index (χ1) is 9.16. The number of hydrogen-bond acceptors (Lipinski definition) is 2. The Morgan fingerprint density at radius 2 is 1.84 bits per heavy atom. The van der Waals surface area contributed by atoms with Gasteiger partial charge in [0.25, 0.3) is 0 Å². The molecular formula is C17H24O2. The van der Waals surface area contributed by atoms with E-state index >= 15 is 0 Å². The molecule has 2 heteroatoms. The molecule has 1 aliphatic carbocycles. The van der Waals surface area contributed by atoms with Crippen LogP contribution in [0, 0.1) is 13.8 Å². The van der Waals surface area contributed by atoms with Crippen LogP contribution in [-0.4, -0.2) is 18.5 Å². The van der Waals surface area contributed by atoms with Crippen LogP contribution in [0.3, 0.4) is 0 Å². The fraction of sp³-hybridized carbons (Fsp3) is 0.588. The van der Waals surface area contributed by atoms with Gasteiger partial charge in [-0.2, -0.15) is 0 Å². The van der Waals surface area contributed by atoms with Crippen molar-refractivity contribution in [2.75, 3.05) is 6.61 Å². The van der Waals surface area contributed by atoms with Crippen molar-refractivity contribution in [1.29, 1.82) is 0 Å². The number of hydrogen-bond donors (Lipinski definition) is 0. The van der Waals surface area contributed by atoms with Crippen molar-refractivity contribution in [3.05, 3.63) is 34.9 Å². The van der Waals surface area contributed by atoms with E-state index in [0.717, 1.165) is 24.0 Å². The average Bonchev–Trinajstić information content (AvgIpc) is 2.64. The molecule has 1 aliphatic rings. The topological polar surface area (TPSA) is 26.3 Å². The first kappa shape index (κ1) is 14.3. The molecule has 0 aliphatic heterocycles. The zero-order valence-electron chi connectivity index (χ0n) is 12.1. The van der Waals surface area contributed by atoms with Gasteiger partial charge >= 0.3 is 0 Å². The third kappa shape index (κ3) is 4.17. The molecule has 19 heavy (non-hydrogen) atoms. The maximum Gasteiger partial charge on any atom is 0.188 e. The fourth-order valence-corrected chi connectivity index (χ4v) is 2.81. The third-order valence-electron chi connectivity index (χ3n) is 3.93. The van der Waals surface area contributed by atoms with Crippen LogP contribution in [-0.2, 0) is 4.74 Å². The van der Waals surface area contributed by atoms with E-state index in [1.807, 2.05) is 26.0 Å². The van der Waals surface area contributed by atoms with Gasteiger partial charge in [-0.3, -0.25) is 4.79 Å². The van der Waals surface area contributed by atoms with Crippen LogP contribution in [0.25, 0.3) is 0 Å². The lowest BCUT2D eigenvalue weighted by Crippen LogP contribution is -2.18. The van der Waals surface area contributed by atoms with Crippen LogP contribution >= 0.6 is 0 Å². The molecule has 0 aromatic heterocycles. The highest BCUT2D eigenvalue weighted by molar-refractivity contribution is 5.98. The second-order valence-electron chi connectivity index (χ2n) is 5.67. The quantitative estimate of drug-likeness (QED) is 0.598. The molecule has 0 atom stereocenters. The summed E-state index contributed by atoms with van der Waals surface area (Å²) in [6.45, 7) is 4.27. The molecule has 0 saturated heterocycles. The van der Waals surface area contributed by atoms with E-state index in [1.165, 1.54) is 31.2 Å². The van der Waals surface area contributed by atoms with Gasteiger partial charge in [0.1, 0.15) is 6.61 Å². The number of benzene rings is 1. The highest BCUT2D eigenvalue weighted by Crippen LogP contribution is 2.20. The summed E-state index contributed by atoms with van der Waals surface area (Å²) in [5.41, 5.74) is 3.05. The molecule has 1 aromatic rings. The van der Waals surface area contributed by atoms with Crippen molar-refractivity contribution in [3.63, 3.8) is 0 Å². The summed E-state index contributed by atoms with van der Waals surface area (Å²) < 4.78 is 5.81. The smallest absolute Gasteiger partial charge is 0.188 e. The minimum Gasteiger partial charge on any atom is -0.370 e. The van der Waals surface area contributed by atoms with Crippen molar-refractivity contribution in [3.8, 4) is 0 Å². The molecule has 0 heterocycles. The Labute approximate surface area is 116 Å². The molecule has 0 amide bonds. The first-order valence-electron chi connectivity index (χ1n) is 7.39. The van der Waals surface area contributed by atoms with E-state index in [2.05, 4.69) is 6.07 Å². The number of Topliss-reactive ketones (excluding diaryl/α,β-unsaturated/α-hetero) is 1. The maximum absolute atomic E-state index is 12.2. The normalized spacial score (nSPS) is 17.2. The van der Waals surface area contributed by atoms with E-state index in [0.29, 0.717) is 0 Å². The number of ketones is 1. The van der Waals surface area contributed by atoms with Gasteiger partial charge in [0.05, 0.1) is 6.10 Å². The van der Waals surface area contributed by atoms with Crippen LogP contribution in [0.1, 0.15) is 60.0 Å². The second-order valence-corrected chi connectivity index (χ2v) is 5.67. The lowest BCUT2D eigenvalue weighted by molar-refractivity contribution is 0.0388. The predicted octanol–water partition coefficient (Wildman–Crippen LogP) is 4.23. The van der Waals surface area contributed by atoms with Gasteiger partial charge in [-0.1, -0.05) is 49.4 Å². The maximum atomic E-state index is 12.2. The molecule has 1 fully saturated rings. The van der Waals surface area contributed by atoms with Crippen molar-refractivity contribution in [2.24, 2.45) is 0 Å². The van der Waals surface area contributed by atoms with Gasteiger partial charge in [-0.15, -0.1) is 0 Å². The summed E-state index contributed by atoms with van der Waals surface area (Å²) >= 11 is 0. The fourth-order valence-electron chi connectivity index (χ4n) is 2.81. The number of aryl methyl sites for hydroxylation is 2. The lowest BCUT2D eigenvalue weighted by Gasteiger charge is -2.15. The van der Waals surface area contributed by atoms with E-state index in [1.54, 1.807) is 0 Å². The van der Waals surface area contributed by atoms with E-state index in [-0.39, 0.29) is 18.5 Å². The highest BCUT2D eigenvalue weighted by atomic mass is 16.5. The predicted molar refractivity (Wildman–Crippen MR) is 77.7 cm³/mol. The molecule has 2 nitrogen and oxygen atoms in total. The molecule has 0 spiro atoms. The summed E-state index contributed by atoms with van der Waals surface area (Å²) in [6, 6.07) is 5.97. The minimum absolute atomic E-state index is 0.113. The van der Waals surface area contributed by atoms with E-state index in [4.69, 9.17) is 4.74 Å². The zero-order valence-corrected chi connectivity index (χ0v) is 12.1. The number of ether oxygens (including phenoxy) is 1. The van der Waals surface area contributed by atoms with Crippen molar-refractivity contribution < 1.29 is 9.53 Å². The average molecular weight is 260 g/mol. The minimum atomic E-state index is 0.113. The van der Waals surface area contributed by atoms with Gasteiger partial charge in [0.15, 0.2) is 5.78 Å². The molecule has 1 aromatic carbocycles. The van der Waals surface area contributed by atoms with E-state index in [9.17, 15) is 4.79 Å². The molecule has 0 radical (unpaired) electrons. The van der Waals surface area contributed by atoms with Crippen molar-refractivity contribution in [1.82, 2.24) is 0 Å². The third-order valence-corrected chi connectivity index (χ3v) is 3.93. The molecule has 1 saturated carbocycles. The van der Waals surface area contributed by atoms with Gasteiger partial charge < -0.3 is 4.74 Å². The van der Waals surface area contributed by atoms with Gasteiger partial charge in [0, 0.05) is 5.56 Å². The first-order valence-corrected chi connectivity index (χ1v) is 7.39. The number of rotatable bonds is 4. The van der Waals surface area contributed by atoms with Crippen molar-refractivity contribution in [2.45, 2.75) is 58.5 Å². The highest BCUT2D eigenvalue weighted by Gasteiger charge is 2.15. The lowest BCUT2D eigenvalue weighted by atomic mass is 10.0. The molecular weight excluding hydrogens is 236 g/mol. The molecule has 2 rings (SSSR count). The van der Waals surface area contributed by atoms with Crippen molar-refractivity contribution >= 4 is 5.78 Å². The molecule has 104 valence electrons. The Hall–Kier alpha value is -1.15. The Balaban J connectivity index is 1.89. The monoisotopic (exact) mass is 260 g/mol. The molecule has 0 bridgehead atoms. The van der Waals surface area contributed by atoms with Crippen LogP contribution in [0.5, 0.6) is 0 Å². The van der Waals surface area contributed by atoms with Crippen LogP contribution in [0.2, 0.25) is 0 Å². The Bertz CT molecular complexity index is 429. The summed E-state index contributed by atoms with van der Waals surface area (Å²) in [5, 5.41) is 0. The Morgan fingerprint density at radius 3 is 2.47 bits per heavy atom. The molecule has 0 N–H and O–H groups in total. The van der Waals surface area contributed by atoms with Gasteiger partial charge in [-0.25, -0.2) is 0 Å². The van der Waals surface area contributed by atoms with Gasteiger partial charge in [-0.05, 0) is 32.3 Å². The summed E-state index contributed by atoms with van der Waals surface area (Å²) in [6.07, 6.45) is 7.61. The largest absolute Gasteiger partial charge is 0.370 e. The van der Waals surface area contributed by atoms with Crippen LogP contribution in [0.15, 0.2) is 18.2 Å². The van der Waals surface area contributed by atoms with Crippen LogP contribution < -0.4 is 0 Å². The SMILES string of the molecule is Cc1ccc(C(=O)COC2CCCCCC2)c(C)c1. The summed E-state index contributed by atoms with van der Waals surface area (Å²) in [4.78, 5) is 12.2. The standard InChI is InChI=1S/C17H24O2/c1-13-9-10-16(14(2)11-13)17(18)12-19-15-7-5-3-4-6-8-15/h9-11,15H,3-8,12H2,1-2H3. The van der Waals surface area contributed by atoms with E-state index < -0.39 is 0 Å². The Kier molecular flexibility index (Phi) is 5.15. The van der Waals surface area contributed by atoms with Crippen LogP contribution in [0.4, 0.5) is 0 Å². The zero-order chi connectivity index (χ0) is 13.7. The number of carbonyl (C=O) groups excluding carboxylic acids is 1. The molecule has 0 unspecified atom stereocenters. The Morgan fingerprint density at radius 1 is 1.16 bits per heavy atom. The number of carbonyl (C=O) groups is 1. The summed E-state index contributed by atoms with van der Waals surface area (Å²) in [5.74, 6) is 0.113. The second kappa shape index (κ2) is 6.85. The van der Waals surface area contributed by atoms with Gasteiger partial charge in [0.2, 0.25) is 0 Å². The summed E-state index contributed by atoms with van der Waals surface area (Å²) in [7, 11) is 0.